The third kappa shape index (κ3) is 2.36. The van der Waals surface area contributed by atoms with E-state index < -0.39 is 5.91 Å². The van der Waals surface area contributed by atoms with Crippen LogP contribution in [0.15, 0.2) is 42.6 Å². The summed E-state index contributed by atoms with van der Waals surface area (Å²) < 4.78 is 0. The van der Waals surface area contributed by atoms with Crippen molar-refractivity contribution >= 4 is 12.0 Å². The first-order valence-corrected chi connectivity index (χ1v) is 4.83. The Balaban J connectivity index is 2.20. The molecule has 0 bridgehead atoms. The number of nitrogens with two attached hydrogens (primary N) is 1. The lowest BCUT2D eigenvalue weighted by atomic mass is 10.1. The summed E-state index contributed by atoms with van der Waals surface area (Å²) in [5.74, 6) is -0.447. The van der Waals surface area contributed by atoms with Crippen LogP contribution in [-0.2, 0) is 4.79 Å². The monoisotopic (exact) mass is 213 g/mol. The number of H-pyrrole nitrogens is 1. The highest BCUT2D eigenvalue weighted by atomic mass is 16.1. The number of hydrogen-bond donors (Lipinski definition) is 2. The summed E-state index contributed by atoms with van der Waals surface area (Å²) >= 11 is 0. The minimum Gasteiger partial charge on any atom is -0.366 e. The Labute approximate surface area is 92.8 Å². The third-order valence-electron chi connectivity index (χ3n) is 2.16. The number of benzene rings is 1. The van der Waals surface area contributed by atoms with Crippen molar-refractivity contribution in [3.63, 3.8) is 0 Å². The smallest absolute Gasteiger partial charge is 0.241 e. The average Bonchev–Trinajstić information content (AvgIpc) is 2.80. The molecule has 0 aliphatic carbocycles. The lowest BCUT2D eigenvalue weighted by Gasteiger charge is -1.98. The number of carbonyl (C=O) groups is 1. The minimum absolute atomic E-state index is 0.447. The van der Waals surface area contributed by atoms with Gasteiger partial charge < -0.3 is 5.73 Å². The molecule has 0 atom stereocenters. The largest absolute Gasteiger partial charge is 0.366 e. The van der Waals surface area contributed by atoms with Crippen LogP contribution in [0.4, 0.5) is 0 Å². The van der Waals surface area contributed by atoms with E-state index >= 15 is 0 Å². The first-order chi connectivity index (χ1) is 7.75. The number of hydrogen-bond acceptors (Lipinski definition) is 2. The molecule has 1 aromatic heterocycles. The van der Waals surface area contributed by atoms with Crippen molar-refractivity contribution in [2.75, 3.05) is 0 Å². The van der Waals surface area contributed by atoms with Gasteiger partial charge in [-0.25, -0.2) is 0 Å². The summed E-state index contributed by atoms with van der Waals surface area (Å²) in [5.41, 5.74) is 7.95. The van der Waals surface area contributed by atoms with Crippen LogP contribution in [0.2, 0.25) is 0 Å². The molecule has 2 aromatic rings. The van der Waals surface area contributed by atoms with E-state index in [-0.39, 0.29) is 0 Å². The Bertz CT molecular complexity index is 498. The molecule has 16 heavy (non-hydrogen) atoms. The number of aromatic amines is 1. The van der Waals surface area contributed by atoms with Crippen LogP contribution in [0.1, 0.15) is 5.56 Å². The molecule has 0 aliphatic rings. The van der Waals surface area contributed by atoms with Gasteiger partial charge in [-0.15, -0.1) is 0 Å². The molecule has 3 N–H and O–H groups in total. The molecule has 0 spiro atoms. The first kappa shape index (κ1) is 10.2. The van der Waals surface area contributed by atoms with Crippen LogP contribution in [0, 0.1) is 0 Å². The summed E-state index contributed by atoms with van der Waals surface area (Å²) in [6.45, 7) is 0. The fourth-order valence-electron chi connectivity index (χ4n) is 1.37. The summed E-state index contributed by atoms with van der Waals surface area (Å²) in [7, 11) is 0. The molecule has 0 saturated heterocycles. The number of nitrogens with one attached hydrogen (secondary N) is 1. The van der Waals surface area contributed by atoms with Crippen LogP contribution < -0.4 is 5.73 Å². The van der Waals surface area contributed by atoms with E-state index in [2.05, 4.69) is 10.2 Å². The number of nitrogens with zero attached hydrogens (tertiary/aromatic N) is 1. The number of amides is 1. The molecule has 1 amide bonds. The molecule has 1 heterocycles. The van der Waals surface area contributed by atoms with E-state index in [4.69, 9.17) is 5.73 Å². The fraction of sp³-hybridized carbons (Fsp3) is 0. The zero-order valence-corrected chi connectivity index (χ0v) is 8.55. The molecule has 2 rings (SSSR count). The number of aromatic nitrogens is 2. The Hall–Kier alpha value is -2.36. The predicted octanol–water partition coefficient (Wildman–Crippen LogP) is 1.58. The van der Waals surface area contributed by atoms with Crippen molar-refractivity contribution in [3.05, 3.63) is 48.2 Å². The van der Waals surface area contributed by atoms with Gasteiger partial charge in [0.15, 0.2) is 0 Å². The highest BCUT2D eigenvalue weighted by Gasteiger charge is 1.97. The van der Waals surface area contributed by atoms with E-state index in [1.54, 1.807) is 12.3 Å². The highest BCUT2D eigenvalue weighted by molar-refractivity contribution is 5.90. The van der Waals surface area contributed by atoms with Crippen molar-refractivity contribution < 1.29 is 4.79 Å². The van der Waals surface area contributed by atoms with Gasteiger partial charge in [0.05, 0.1) is 5.69 Å². The number of primary amides is 1. The maximum atomic E-state index is 10.5. The zero-order valence-electron chi connectivity index (χ0n) is 8.55. The third-order valence-corrected chi connectivity index (χ3v) is 2.16. The summed E-state index contributed by atoms with van der Waals surface area (Å²) in [6, 6.07) is 9.63. The summed E-state index contributed by atoms with van der Waals surface area (Å²) in [6.07, 6.45) is 4.72. The zero-order chi connectivity index (χ0) is 11.4. The highest BCUT2D eigenvalue weighted by Crippen LogP contribution is 2.16. The predicted molar refractivity (Wildman–Crippen MR) is 62.3 cm³/mol. The van der Waals surface area contributed by atoms with Gasteiger partial charge in [-0.2, -0.15) is 5.10 Å². The van der Waals surface area contributed by atoms with Crippen molar-refractivity contribution in [2.24, 2.45) is 5.73 Å². The molecule has 0 radical (unpaired) electrons. The van der Waals surface area contributed by atoms with Gasteiger partial charge in [0, 0.05) is 12.3 Å². The molecule has 1 aromatic carbocycles. The molecular weight excluding hydrogens is 202 g/mol. The van der Waals surface area contributed by atoms with Crippen LogP contribution in [0.25, 0.3) is 17.3 Å². The standard InChI is InChI=1S/C12H11N3O/c13-12(16)6-3-9-1-4-10(5-2-9)11-7-8-14-15-11/h1-8H,(H2,13,16)(H,14,15). The van der Waals surface area contributed by atoms with E-state index in [0.29, 0.717) is 0 Å². The Kier molecular flexibility index (Phi) is 2.82. The minimum atomic E-state index is -0.447. The van der Waals surface area contributed by atoms with Crippen molar-refractivity contribution in [2.45, 2.75) is 0 Å². The summed E-state index contributed by atoms with van der Waals surface area (Å²) in [5, 5.41) is 6.76. The Morgan fingerprint density at radius 2 is 2.00 bits per heavy atom. The second kappa shape index (κ2) is 4.44. The lowest BCUT2D eigenvalue weighted by Crippen LogP contribution is -2.04. The second-order valence-corrected chi connectivity index (χ2v) is 3.33. The van der Waals surface area contributed by atoms with Gasteiger partial charge in [0.25, 0.3) is 0 Å². The van der Waals surface area contributed by atoms with E-state index in [9.17, 15) is 4.79 Å². The van der Waals surface area contributed by atoms with Gasteiger partial charge in [0.2, 0.25) is 5.91 Å². The van der Waals surface area contributed by atoms with E-state index in [0.717, 1.165) is 16.8 Å². The molecule has 0 saturated carbocycles. The number of carbonyl (C=O) groups excluding carboxylic acids is 1. The van der Waals surface area contributed by atoms with Crippen LogP contribution in [0.5, 0.6) is 0 Å². The molecule has 0 aliphatic heterocycles. The van der Waals surface area contributed by atoms with Crippen molar-refractivity contribution in [1.82, 2.24) is 10.2 Å². The SMILES string of the molecule is NC(=O)C=Cc1ccc(-c2ccn[nH]2)cc1. The van der Waals surface area contributed by atoms with Gasteiger partial charge >= 0.3 is 0 Å². The lowest BCUT2D eigenvalue weighted by molar-refractivity contribution is -0.113. The topological polar surface area (TPSA) is 71.8 Å². The molecule has 0 fully saturated rings. The molecule has 4 heteroatoms. The molecule has 80 valence electrons. The first-order valence-electron chi connectivity index (χ1n) is 4.83. The van der Waals surface area contributed by atoms with Crippen molar-refractivity contribution in [1.29, 1.82) is 0 Å². The normalized spacial score (nSPS) is 10.8. The van der Waals surface area contributed by atoms with Crippen LogP contribution in [0.3, 0.4) is 0 Å². The number of rotatable bonds is 3. The Morgan fingerprint density at radius 1 is 1.25 bits per heavy atom. The Morgan fingerprint density at radius 3 is 2.56 bits per heavy atom. The van der Waals surface area contributed by atoms with Gasteiger partial charge in [-0.3, -0.25) is 9.89 Å². The average molecular weight is 213 g/mol. The quantitative estimate of drug-likeness (QED) is 0.760. The van der Waals surface area contributed by atoms with Crippen LogP contribution >= 0.6 is 0 Å². The second-order valence-electron chi connectivity index (χ2n) is 3.33. The van der Waals surface area contributed by atoms with Gasteiger partial charge in [0.1, 0.15) is 0 Å². The molecule has 4 nitrogen and oxygen atoms in total. The van der Waals surface area contributed by atoms with Crippen molar-refractivity contribution in [3.8, 4) is 11.3 Å². The van der Waals surface area contributed by atoms with Gasteiger partial charge in [-0.05, 0) is 23.3 Å². The fourth-order valence-corrected chi connectivity index (χ4v) is 1.37. The van der Waals surface area contributed by atoms with Gasteiger partial charge in [-0.1, -0.05) is 24.3 Å². The van der Waals surface area contributed by atoms with E-state index in [1.165, 1.54) is 6.08 Å². The maximum Gasteiger partial charge on any atom is 0.241 e. The molecular formula is C12H11N3O. The van der Waals surface area contributed by atoms with Crippen LogP contribution in [-0.4, -0.2) is 16.1 Å². The van der Waals surface area contributed by atoms with E-state index in [1.807, 2.05) is 30.3 Å². The maximum absolute atomic E-state index is 10.5. The summed E-state index contributed by atoms with van der Waals surface area (Å²) in [4.78, 5) is 10.5. The molecule has 0 unspecified atom stereocenters.